The summed E-state index contributed by atoms with van der Waals surface area (Å²) in [6.07, 6.45) is 1.78. The van der Waals surface area contributed by atoms with Gasteiger partial charge in [-0.25, -0.2) is 4.98 Å². The summed E-state index contributed by atoms with van der Waals surface area (Å²) in [6, 6.07) is -0.176. The molecule has 1 aromatic rings. The molecule has 0 aliphatic carbocycles. The molecule has 1 aliphatic heterocycles. The molecule has 94 valence electrons. The summed E-state index contributed by atoms with van der Waals surface area (Å²) in [5, 5.41) is 5.89. The molecule has 2 heterocycles. The summed E-state index contributed by atoms with van der Waals surface area (Å²) in [5.74, 6) is 0.00870. The van der Waals surface area contributed by atoms with E-state index in [1.54, 1.807) is 17.5 Å². The summed E-state index contributed by atoms with van der Waals surface area (Å²) in [4.78, 5) is 16.1. The quantitative estimate of drug-likeness (QED) is 0.813. The number of carbonyl (C=O) groups excluding carboxylic acids is 1. The molecule has 17 heavy (non-hydrogen) atoms. The molecule has 1 saturated heterocycles. The second kappa shape index (κ2) is 5.57. The fourth-order valence-corrected chi connectivity index (χ4v) is 2.49. The normalized spacial score (nSPS) is 25.8. The van der Waals surface area contributed by atoms with Crippen molar-refractivity contribution in [2.75, 3.05) is 19.8 Å². The molecule has 3 N–H and O–H groups in total. The average Bonchev–Trinajstić information content (AvgIpc) is 2.95. The number of rotatable bonds is 4. The van der Waals surface area contributed by atoms with Crippen molar-refractivity contribution in [3.63, 3.8) is 0 Å². The fourth-order valence-electron chi connectivity index (χ4n) is 1.79. The van der Waals surface area contributed by atoms with Crippen molar-refractivity contribution >= 4 is 17.2 Å². The summed E-state index contributed by atoms with van der Waals surface area (Å²) >= 11 is 1.60. The van der Waals surface area contributed by atoms with Gasteiger partial charge in [-0.2, -0.15) is 0 Å². The lowest BCUT2D eigenvalue weighted by atomic mass is 10.0. The Bertz CT molecular complexity index is 369. The maximum atomic E-state index is 11.8. The van der Waals surface area contributed by atoms with Crippen molar-refractivity contribution in [1.29, 1.82) is 0 Å². The number of thiazole rings is 1. The molecule has 0 spiro atoms. The monoisotopic (exact) mass is 255 g/mol. The van der Waals surface area contributed by atoms with E-state index in [2.05, 4.69) is 10.3 Å². The van der Waals surface area contributed by atoms with Crippen LogP contribution in [0.4, 0.5) is 0 Å². The van der Waals surface area contributed by atoms with Gasteiger partial charge in [0.05, 0.1) is 24.1 Å². The van der Waals surface area contributed by atoms with Gasteiger partial charge < -0.3 is 15.8 Å². The zero-order chi connectivity index (χ0) is 12.3. The zero-order valence-electron chi connectivity index (χ0n) is 9.76. The number of ether oxygens (including phenoxy) is 1. The number of nitrogens with zero attached hydrogens (tertiary/aromatic N) is 1. The molecule has 0 aromatic carbocycles. The molecule has 0 bridgehead atoms. The summed E-state index contributed by atoms with van der Waals surface area (Å²) < 4.78 is 5.17. The maximum absolute atomic E-state index is 11.8. The highest BCUT2D eigenvalue weighted by molar-refractivity contribution is 7.09. The smallest absolute Gasteiger partial charge is 0.227 e. The first-order chi connectivity index (χ1) is 8.18. The molecule has 1 fully saturated rings. The number of amides is 1. The van der Waals surface area contributed by atoms with Crippen LogP contribution < -0.4 is 11.1 Å². The Morgan fingerprint density at radius 3 is 3.18 bits per heavy atom. The van der Waals surface area contributed by atoms with Crippen molar-refractivity contribution in [1.82, 2.24) is 10.3 Å². The topological polar surface area (TPSA) is 77.2 Å². The molecule has 6 heteroatoms. The van der Waals surface area contributed by atoms with Crippen LogP contribution in [0.5, 0.6) is 0 Å². The first-order valence-electron chi connectivity index (χ1n) is 5.69. The van der Waals surface area contributed by atoms with Crippen LogP contribution in [0.2, 0.25) is 0 Å². The van der Waals surface area contributed by atoms with Gasteiger partial charge in [0.15, 0.2) is 0 Å². The third-order valence-corrected chi connectivity index (χ3v) is 3.92. The van der Waals surface area contributed by atoms with E-state index in [-0.39, 0.29) is 23.8 Å². The first-order valence-corrected chi connectivity index (χ1v) is 6.57. The second-order valence-corrected chi connectivity index (χ2v) is 5.25. The predicted octanol–water partition coefficient (Wildman–Crippen LogP) is 0.337. The van der Waals surface area contributed by atoms with Gasteiger partial charge in [-0.3, -0.25) is 4.79 Å². The Balaban J connectivity index is 1.80. The van der Waals surface area contributed by atoms with Crippen LogP contribution in [0.15, 0.2) is 11.6 Å². The summed E-state index contributed by atoms with van der Waals surface area (Å²) in [7, 11) is 0. The molecule has 5 nitrogen and oxygen atoms in total. The minimum absolute atomic E-state index is 0.0154. The van der Waals surface area contributed by atoms with Gasteiger partial charge in [0, 0.05) is 30.1 Å². The molecule has 1 aromatic heterocycles. The van der Waals surface area contributed by atoms with E-state index in [4.69, 9.17) is 10.5 Å². The summed E-state index contributed by atoms with van der Waals surface area (Å²) in [5.41, 5.74) is 5.78. The fraction of sp³-hybridized carbons (Fsp3) is 0.636. The first kappa shape index (κ1) is 12.5. The molecular weight excluding hydrogens is 238 g/mol. The lowest BCUT2D eigenvalue weighted by molar-refractivity contribution is -0.125. The molecule has 0 saturated carbocycles. The van der Waals surface area contributed by atoms with Crippen LogP contribution in [-0.2, 0) is 9.53 Å². The van der Waals surface area contributed by atoms with Crippen molar-refractivity contribution < 1.29 is 9.53 Å². The molecule has 3 unspecified atom stereocenters. The number of hydrogen-bond acceptors (Lipinski definition) is 5. The molecule has 1 amide bonds. The number of nitrogens with two attached hydrogens (primary N) is 1. The van der Waals surface area contributed by atoms with Gasteiger partial charge in [0.25, 0.3) is 0 Å². The van der Waals surface area contributed by atoms with Crippen molar-refractivity contribution in [3.8, 4) is 0 Å². The average molecular weight is 255 g/mol. The van der Waals surface area contributed by atoms with Gasteiger partial charge in [-0.15, -0.1) is 11.3 Å². The van der Waals surface area contributed by atoms with Crippen molar-refractivity contribution in [3.05, 3.63) is 16.6 Å². The van der Waals surface area contributed by atoms with E-state index >= 15 is 0 Å². The highest BCUT2D eigenvalue weighted by Crippen LogP contribution is 2.17. The maximum Gasteiger partial charge on any atom is 0.227 e. The Morgan fingerprint density at radius 1 is 1.76 bits per heavy atom. The number of nitrogens with one attached hydrogen (secondary N) is 1. The Kier molecular flexibility index (Phi) is 4.09. The van der Waals surface area contributed by atoms with Crippen LogP contribution in [0.1, 0.15) is 17.8 Å². The Hall–Kier alpha value is -0.980. The van der Waals surface area contributed by atoms with Gasteiger partial charge >= 0.3 is 0 Å². The highest BCUT2D eigenvalue weighted by atomic mass is 32.1. The molecule has 3 atom stereocenters. The third-order valence-electron chi connectivity index (χ3n) is 2.92. The molecular formula is C11H17N3O2S. The standard InChI is InChI=1S/C11H17N3O2S/c1-7(11-13-2-3-17-11)4-14-10(15)8-5-16-6-9(8)12/h2-3,7-9H,4-6,12H2,1H3,(H,14,15). The molecule has 0 radical (unpaired) electrons. The SMILES string of the molecule is CC(CNC(=O)C1COCC1N)c1nccs1. The third kappa shape index (κ3) is 3.02. The minimum Gasteiger partial charge on any atom is -0.379 e. The number of hydrogen-bond donors (Lipinski definition) is 2. The lowest BCUT2D eigenvalue weighted by Crippen LogP contribution is -2.42. The van der Waals surface area contributed by atoms with Crippen LogP contribution in [0, 0.1) is 5.92 Å². The van der Waals surface area contributed by atoms with Crippen LogP contribution >= 0.6 is 11.3 Å². The van der Waals surface area contributed by atoms with E-state index in [9.17, 15) is 4.79 Å². The Labute approximate surface area is 104 Å². The van der Waals surface area contributed by atoms with Crippen molar-refractivity contribution in [2.45, 2.75) is 18.9 Å². The van der Waals surface area contributed by atoms with E-state index < -0.39 is 0 Å². The van der Waals surface area contributed by atoms with Gasteiger partial charge in [0.2, 0.25) is 5.91 Å². The van der Waals surface area contributed by atoms with E-state index in [0.717, 1.165) is 5.01 Å². The Morgan fingerprint density at radius 2 is 2.59 bits per heavy atom. The van der Waals surface area contributed by atoms with E-state index in [1.165, 1.54) is 0 Å². The van der Waals surface area contributed by atoms with Crippen molar-refractivity contribution in [2.24, 2.45) is 11.7 Å². The molecule has 2 rings (SSSR count). The van der Waals surface area contributed by atoms with Gasteiger partial charge in [-0.1, -0.05) is 6.92 Å². The minimum atomic E-state index is -0.210. The predicted molar refractivity (Wildman–Crippen MR) is 65.8 cm³/mol. The van der Waals surface area contributed by atoms with Crippen LogP contribution in [0.25, 0.3) is 0 Å². The van der Waals surface area contributed by atoms with Crippen LogP contribution in [0.3, 0.4) is 0 Å². The van der Waals surface area contributed by atoms with Gasteiger partial charge in [0.1, 0.15) is 0 Å². The number of aromatic nitrogens is 1. The number of carbonyl (C=O) groups is 1. The van der Waals surface area contributed by atoms with E-state index in [0.29, 0.717) is 19.8 Å². The zero-order valence-corrected chi connectivity index (χ0v) is 10.6. The van der Waals surface area contributed by atoms with E-state index in [1.807, 2.05) is 12.3 Å². The van der Waals surface area contributed by atoms with Crippen LogP contribution in [-0.4, -0.2) is 36.7 Å². The molecule has 1 aliphatic rings. The second-order valence-electron chi connectivity index (χ2n) is 4.32. The largest absolute Gasteiger partial charge is 0.379 e. The lowest BCUT2D eigenvalue weighted by Gasteiger charge is -2.15. The van der Waals surface area contributed by atoms with Gasteiger partial charge in [-0.05, 0) is 0 Å². The summed E-state index contributed by atoms with van der Waals surface area (Å²) in [6.45, 7) is 3.54. The highest BCUT2D eigenvalue weighted by Gasteiger charge is 2.31.